The number of benzene rings is 2. The van der Waals surface area contributed by atoms with Crippen LogP contribution in [0.3, 0.4) is 0 Å². The number of carbonyl (C=O) groups is 1. The number of rotatable bonds is 7. The molecule has 0 saturated carbocycles. The fourth-order valence-corrected chi connectivity index (χ4v) is 3.42. The molecule has 6 nitrogen and oxygen atoms in total. The molecule has 4 aromatic rings. The summed E-state index contributed by atoms with van der Waals surface area (Å²) in [5.74, 6) is 1.28. The topological polar surface area (TPSA) is 69.3 Å². The minimum absolute atomic E-state index is 0.146. The molecule has 0 atom stereocenters. The van der Waals surface area contributed by atoms with Crippen molar-refractivity contribution in [2.45, 2.75) is 27.0 Å². The van der Waals surface area contributed by atoms with E-state index in [2.05, 4.69) is 10.4 Å². The van der Waals surface area contributed by atoms with Gasteiger partial charge in [0.25, 0.3) is 5.91 Å². The number of hydrogen-bond acceptors (Lipinski definition) is 4. The number of halogens is 2. The summed E-state index contributed by atoms with van der Waals surface area (Å²) in [5, 5.41) is 8.03. The van der Waals surface area contributed by atoms with Crippen LogP contribution in [0.5, 0.6) is 5.75 Å². The van der Waals surface area contributed by atoms with Crippen LogP contribution in [0.1, 0.15) is 33.0 Å². The summed E-state index contributed by atoms with van der Waals surface area (Å²) >= 11 is 12.2. The Morgan fingerprint density at radius 3 is 2.66 bits per heavy atom. The smallest absolute Gasteiger partial charge is 0.292 e. The third-order valence-electron chi connectivity index (χ3n) is 4.81. The standard InChI is InChI=1S/C24H21Cl2N3O3/c1-15-3-4-16(2)22(11-15)31-14-19-9-10-21(32-19)24(30)27-23-20(26)13-29(28-23)12-17-5-7-18(25)8-6-17/h3-11,13H,12,14H2,1-2H3,(H,27,28,30). The van der Waals surface area contributed by atoms with Gasteiger partial charge in [0.1, 0.15) is 23.1 Å². The largest absolute Gasteiger partial charge is 0.485 e. The summed E-state index contributed by atoms with van der Waals surface area (Å²) < 4.78 is 13.1. The maximum atomic E-state index is 12.6. The molecule has 32 heavy (non-hydrogen) atoms. The van der Waals surface area contributed by atoms with Crippen molar-refractivity contribution in [3.05, 3.63) is 99.1 Å². The Bertz CT molecular complexity index is 1250. The van der Waals surface area contributed by atoms with Crippen LogP contribution in [-0.4, -0.2) is 15.7 Å². The van der Waals surface area contributed by atoms with Crippen LogP contribution in [0.25, 0.3) is 0 Å². The molecule has 0 aliphatic heterocycles. The zero-order chi connectivity index (χ0) is 22.7. The second kappa shape index (κ2) is 9.51. The van der Waals surface area contributed by atoms with Crippen molar-refractivity contribution in [2.24, 2.45) is 0 Å². The second-order valence-electron chi connectivity index (χ2n) is 7.43. The number of furan rings is 1. The van der Waals surface area contributed by atoms with Crippen molar-refractivity contribution >= 4 is 34.9 Å². The van der Waals surface area contributed by atoms with E-state index in [0.717, 1.165) is 22.4 Å². The second-order valence-corrected chi connectivity index (χ2v) is 8.27. The minimum Gasteiger partial charge on any atom is -0.485 e. The fraction of sp³-hybridized carbons (Fsp3) is 0.167. The monoisotopic (exact) mass is 469 g/mol. The molecule has 0 spiro atoms. The summed E-state index contributed by atoms with van der Waals surface area (Å²) in [6.07, 6.45) is 1.65. The predicted molar refractivity (Wildman–Crippen MR) is 125 cm³/mol. The van der Waals surface area contributed by atoms with Crippen molar-refractivity contribution in [2.75, 3.05) is 5.32 Å². The average Bonchev–Trinajstić information content (AvgIpc) is 3.37. The van der Waals surface area contributed by atoms with Gasteiger partial charge in [0.15, 0.2) is 11.6 Å². The Labute approximate surface area is 195 Å². The normalized spacial score (nSPS) is 10.9. The van der Waals surface area contributed by atoms with E-state index in [1.165, 1.54) is 0 Å². The zero-order valence-corrected chi connectivity index (χ0v) is 19.1. The molecular formula is C24H21Cl2N3O3. The van der Waals surface area contributed by atoms with E-state index < -0.39 is 5.91 Å². The van der Waals surface area contributed by atoms with Crippen molar-refractivity contribution in [3.63, 3.8) is 0 Å². The average molecular weight is 470 g/mol. The number of nitrogens with one attached hydrogen (secondary N) is 1. The molecule has 1 N–H and O–H groups in total. The van der Waals surface area contributed by atoms with Crippen LogP contribution in [-0.2, 0) is 13.2 Å². The summed E-state index contributed by atoms with van der Waals surface area (Å²) in [6.45, 7) is 4.69. The van der Waals surface area contributed by atoms with Crippen LogP contribution in [0.4, 0.5) is 5.82 Å². The molecule has 0 fully saturated rings. The highest BCUT2D eigenvalue weighted by Gasteiger charge is 2.16. The van der Waals surface area contributed by atoms with Gasteiger partial charge in [0.2, 0.25) is 0 Å². The van der Waals surface area contributed by atoms with Gasteiger partial charge in [0, 0.05) is 11.2 Å². The van der Waals surface area contributed by atoms with E-state index in [1.54, 1.807) is 23.0 Å². The van der Waals surface area contributed by atoms with Crippen LogP contribution < -0.4 is 10.1 Å². The van der Waals surface area contributed by atoms with E-state index >= 15 is 0 Å². The van der Waals surface area contributed by atoms with E-state index in [0.29, 0.717) is 22.4 Å². The third kappa shape index (κ3) is 5.33. The lowest BCUT2D eigenvalue weighted by Crippen LogP contribution is -2.12. The number of anilines is 1. The summed E-state index contributed by atoms with van der Waals surface area (Å²) in [5.41, 5.74) is 3.15. The molecule has 0 saturated heterocycles. The Morgan fingerprint density at radius 1 is 1.09 bits per heavy atom. The van der Waals surface area contributed by atoms with E-state index in [-0.39, 0.29) is 18.2 Å². The lowest BCUT2D eigenvalue weighted by molar-refractivity contribution is 0.0992. The van der Waals surface area contributed by atoms with Crippen molar-refractivity contribution in [3.8, 4) is 5.75 Å². The molecule has 1 amide bonds. The quantitative estimate of drug-likeness (QED) is 0.345. The number of hydrogen-bond donors (Lipinski definition) is 1. The molecular weight excluding hydrogens is 449 g/mol. The lowest BCUT2D eigenvalue weighted by atomic mass is 10.1. The van der Waals surface area contributed by atoms with Crippen molar-refractivity contribution < 1.29 is 13.9 Å². The Morgan fingerprint density at radius 2 is 1.88 bits per heavy atom. The zero-order valence-electron chi connectivity index (χ0n) is 17.6. The number of amides is 1. The van der Waals surface area contributed by atoms with Gasteiger partial charge in [-0.05, 0) is 60.9 Å². The van der Waals surface area contributed by atoms with Gasteiger partial charge < -0.3 is 14.5 Å². The third-order valence-corrected chi connectivity index (χ3v) is 5.33. The minimum atomic E-state index is -0.443. The van der Waals surface area contributed by atoms with Gasteiger partial charge in [-0.25, -0.2) is 0 Å². The Kier molecular flexibility index (Phi) is 6.53. The van der Waals surface area contributed by atoms with Crippen LogP contribution in [0.2, 0.25) is 10.0 Å². The van der Waals surface area contributed by atoms with Crippen LogP contribution in [0.15, 0.2) is 65.2 Å². The first-order valence-corrected chi connectivity index (χ1v) is 10.7. The summed E-state index contributed by atoms with van der Waals surface area (Å²) in [7, 11) is 0. The number of aryl methyl sites for hydroxylation is 2. The highest BCUT2D eigenvalue weighted by Crippen LogP contribution is 2.23. The van der Waals surface area contributed by atoms with Gasteiger partial charge in [-0.3, -0.25) is 9.48 Å². The first-order valence-electron chi connectivity index (χ1n) is 9.95. The Balaban J connectivity index is 1.38. The SMILES string of the molecule is Cc1ccc(C)c(OCc2ccc(C(=O)Nc3nn(Cc4ccc(Cl)cc4)cc3Cl)o2)c1. The number of carbonyl (C=O) groups excluding carboxylic acids is 1. The molecule has 0 radical (unpaired) electrons. The number of nitrogens with zero attached hydrogens (tertiary/aromatic N) is 2. The maximum absolute atomic E-state index is 12.6. The molecule has 0 aliphatic carbocycles. The molecule has 0 aliphatic rings. The van der Waals surface area contributed by atoms with Gasteiger partial charge in [-0.15, -0.1) is 0 Å². The molecule has 0 bridgehead atoms. The first kappa shape index (κ1) is 22.0. The molecule has 2 aromatic heterocycles. The number of ether oxygens (including phenoxy) is 1. The van der Waals surface area contributed by atoms with Gasteiger partial charge >= 0.3 is 0 Å². The molecule has 2 heterocycles. The van der Waals surface area contributed by atoms with Crippen LogP contribution >= 0.6 is 23.2 Å². The van der Waals surface area contributed by atoms with Crippen LogP contribution in [0, 0.1) is 13.8 Å². The molecule has 0 unspecified atom stereocenters. The predicted octanol–water partition coefficient (Wildman–Crippen LogP) is 6.28. The maximum Gasteiger partial charge on any atom is 0.292 e. The first-order chi connectivity index (χ1) is 15.4. The van der Waals surface area contributed by atoms with E-state index in [1.807, 2.05) is 56.3 Å². The van der Waals surface area contributed by atoms with Crippen molar-refractivity contribution in [1.29, 1.82) is 0 Å². The van der Waals surface area contributed by atoms with Crippen molar-refractivity contribution in [1.82, 2.24) is 9.78 Å². The van der Waals surface area contributed by atoms with Gasteiger partial charge in [0.05, 0.1) is 6.54 Å². The highest BCUT2D eigenvalue weighted by molar-refractivity contribution is 6.33. The van der Waals surface area contributed by atoms with Gasteiger partial charge in [-0.1, -0.05) is 47.5 Å². The fourth-order valence-electron chi connectivity index (χ4n) is 3.10. The molecule has 2 aromatic carbocycles. The van der Waals surface area contributed by atoms with Gasteiger partial charge in [-0.2, -0.15) is 5.10 Å². The van der Waals surface area contributed by atoms with E-state index in [4.69, 9.17) is 32.4 Å². The molecule has 164 valence electrons. The Hall–Kier alpha value is -3.22. The molecule has 8 heteroatoms. The number of aromatic nitrogens is 2. The molecule has 4 rings (SSSR count). The van der Waals surface area contributed by atoms with E-state index in [9.17, 15) is 4.79 Å². The summed E-state index contributed by atoms with van der Waals surface area (Å²) in [6, 6.07) is 16.7. The highest BCUT2D eigenvalue weighted by atomic mass is 35.5. The summed E-state index contributed by atoms with van der Waals surface area (Å²) in [4.78, 5) is 12.6. The lowest BCUT2D eigenvalue weighted by Gasteiger charge is -2.08.